The summed E-state index contributed by atoms with van der Waals surface area (Å²) in [5.74, 6) is -0.844. The summed E-state index contributed by atoms with van der Waals surface area (Å²) in [6, 6.07) is 4.77. The second-order valence-corrected chi connectivity index (χ2v) is 7.21. The quantitative estimate of drug-likeness (QED) is 0.466. The first-order valence-electron chi connectivity index (χ1n) is 8.99. The standard InChI is InChI=1S/C18H22N4O5/c1-18(12-5-3-2-4-6-12)16(24)21(17(25)20-18)11-15(23)19-13-7-9-14(10-8-13)22(26)27/h7-10,12H,2-6,11H2,1H3,(H,19,23)(H,20,25)/t18-/m0/s1. The Bertz CT molecular complexity index is 772. The van der Waals surface area contributed by atoms with Crippen LogP contribution in [0.2, 0.25) is 0 Å². The van der Waals surface area contributed by atoms with Crippen LogP contribution in [-0.2, 0) is 9.59 Å². The lowest BCUT2D eigenvalue weighted by Crippen LogP contribution is -2.51. The number of carbonyl (C=O) groups excluding carboxylic acids is 3. The van der Waals surface area contributed by atoms with Crippen LogP contribution in [0, 0.1) is 16.0 Å². The zero-order valence-corrected chi connectivity index (χ0v) is 15.1. The van der Waals surface area contributed by atoms with Crippen LogP contribution in [0.3, 0.4) is 0 Å². The second-order valence-electron chi connectivity index (χ2n) is 7.21. The van der Waals surface area contributed by atoms with Crippen molar-refractivity contribution in [2.45, 2.75) is 44.6 Å². The summed E-state index contributed by atoms with van der Waals surface area (Å²) in [4.78, 5) is 48.4. The highest BCUT2D eigenvalue weighted by Gasteiger charge is 2.52. The van der Waals surface area contributed by atoms with Crippen molar-refractivity contribution in [1.82, 2.24) is 10.2 Å². The molecule has 2 N–H and O–H groups in total. The van der Waals surface area contributed by atoms with Gasteiger partial charge in [-0.25, -0.2) is 4.79 Å². The van der Waals surface area contributed by atoms with Crippen molar-refractivity contribution in [3.8, 4) is 0 Å². The number of benzene rings is 1. The molecule has 0 aromatic heterocycles. The lowest BCUT2D eigenvalue weighted by atomic mass is 9.75. The molecule has 1 aromatic carbocycles. The molecular formula is C18H22N4O5. The van der Waals surface area contributed by atoms with Gasteiger partial charge in [0.15, 0.2) is 0 Å². The molecule has 2 fully saturated rings. The molecule has 0 unspecified atom stereocenters. The van der Waals surface area contributed by atoms with E-state index in [4.69, 9.17) is 0 Å². The number of urea groups is 1. The van der Waals surface area contributed by atoms with E-state index in [1.165, 1.54) is 24.3 Å². The topological polar surface area (TPSA) is 122 Å². The van der Waals surface area contributed by atoms with Crippen LogP contribution in [0.25, 0.3) is 0 Å². The third-order valence-electron chi connectivity index (χ3n) is 5.39. The summed E-state index contributed by atoms with van der Waals surface area (Å²) >= 11 is 0. The first-order valence-corrected chi connectivity index (χ1v) is 8.99. The average Bonchev–Trinajstić information content (AvgIpc) is 2.87. The summed E-state index contributed by atoms with van der Waals surface area (Å²) in [7, 11) is 0. The molecule has 0 spiro atoms. The zero-order valence-electron chi connectivity index (χ0n) is 15.1. The highest BCUT2D eigenvalue weighted by atomic mass is 16.6. The van der Waals surface area contributed by atoms with Gasteiger partial charge in [0, 0.05) is 17.8 Å². The molecule has 0 bridgehead atoms. The number of nitrogens with one attached hydrogen (secondary N) is 2. The Hall–Kier alpha value is -2.97. The number of non-ortho nitro benzene ring substituents is 1. The third kappa shape index (κ3) is 3.76. The van der Waals surface area contributed by atoms with Crippen LogP contribution in [-0.4, -0.2) is 39.8 Å². The molecule has 1 saturated carbocycles. The minimum Gasteiger partial charge on any atom is -0.325 e. The van der Waals surface area contributed by atoms with Crippen molar-refractivity contribution in [3.05, 3.63) is 34.4 Å². The van der Waals surface area contributed by atoms with E-state index in [2.05, 4.69) is 10.6 Å². The van der Waals surface area contributed by atoms with E-state index < -0.39 is 28.9 Å². The summed E-state index contributed by atoms with van der Waals surface area (Å²) in [5, 5.41) is 16.0. The molecule has 2 aliphatic rings. The summed E-state index contributed by atoms with van der Waals surface area (Å²) in [6.45, 7) is 1.33. The van der Waals surface area contributed by atoms with Crippen molar-refractivity contribution in [1.29, 1.82) is 0 Å². The molecule has 0 radical (unpaired) electrons. The SMILES string of the molecule is C[C@@]1(C2CCCCC2)NC(=O)N(CC(=O)Nc2ccc([N+](=O)[O-])cc2)C1=O. The third-order valence-corrected chi connectivity index (χ3v) is 5.39. The molecule has 9 nitrogen and oxygen atoms in total. The molecule has 1 atom stereocenters. The van der Waals surface area contributed by atoms with Gasteiger partial charge in [-0.3, -0.25) is 24.6 Å². The number of amides is 4. The number of nitrogens with zero attached hydrogens (tertiary/aromatic N) is 2. The highest BCUT2D eigenvalue weighted by Crippen LogP contribution is 2.36. The molecule has 9 heteroatoms. The van der Waals surface area contributed by atoms with Gasteiger partial charge < -0.3 is 10.6 Å². The lowest BCUT2D eigenvalue weighted by molar-refractivity contribution is -0.384. The fourth-order valence-electron chi connectivity index (χ4n) is 3.83. The van der Waals surface area contributed by atoms with Crippen LogP contribution in [0.15, 0.2) is 24.3 Å². The predicted molar refractivity (Wildman–Crippen MR) is 97.0 cm³/mol. The van der Waals surface area contributed by atoms with Gasteiger partial charge in [0.05, 0.1) is 4.92 Å². The van der Waals surface area contributed by atoms with E-state index in [1.807, 2.05) is 0 Å². The van der Waals surface area contributed by atoms with E-state index in [0.29, 0.717) is 5.69 Å². The molecular weight excluding hydrogens is 352 g/mol. The first kappa shape index (κ1) is 18.8. The molecule has 3 rings (SSSR count). The number of anilines is 1. The maximum Gasteiger partial charge on any atom is 0.325 e. The molecule has 27 heavy (non-hydrogen) atoms. The zero-order chi connectivity index (χ0) is 19.6. The Balaban J connectivity index is 1.64. The van der Waals surface area contributed by atoms with Gasteiger partial charge in [-0.1, -0.05) is 19.3 Å². The first-order chi connectivity index (χ1) is 12.8. The van der Waals surface area contributed by atoms with Gasteiger partial charge in [0.1, 0.15) is 12.1 Å². The Morgan fingerprint density at radius 2 is 1.89 bits per heavy atom. The number of hydrogen-bond acceptors (Lipinski definition) is 5. The Kier molecular flexibility index (Phi) is 5.11. The maximum absolute atomic E-state index is 12.8. The van der Waals surface area contributed by atoms with Crippen molar-refractivity contribution in [3.63, 3.8) is 0 Å². The van der Waals surface area contributed by atoms with Gasteiger partial charge >= 0.3 is 6.03 Å². The van der Waals surface area contributed by atoms with Gasteiger partial charge in [-0.2, -0.15) is 0 Å². The fourth-order valence-corrected chi connectivity index (χ4v) is 3.83. The lowest BCUT2D eigenvalue weighted by Gasteiger charge is -2.34. The van der Waals surface area contributed by atoms with Crippen molar-refractivity contribution in [2.24, 2.45) is 5.92 Å². The summed E-state index contributed by atoms with van der Waals surface area (Å²) < 4.78 is 0. The normalized spacial score (nSPS) is 23.2. The molecule has 1 aliphatic carbocycles. The highest BCUT2D eigenvalue weighted by molar-refractivity contribution is 6.10. The smallest absolute Gasteiger partial charge is 0.325 e. The van der Waals surface area contributed by atoms with Gasteiger partial charge in [0.25, 0.3) is 11.6 Å². The number of carbonyl (C=O) groups is 3. The number of rotatable bonds is 5. The van der Waals surface area contributed by atoms with Crippen LogP contribution >= 0.6 is 0 Å². The maximum atomic E-state index is 12.8. The minimum absolute atomic E-state index is 0.0745. The summed E-state index contributed by atoms with van der Waals surface area (Å²) in [5.41, 5.74) is -0.705. The minimum atomic E-state index is -0.967. The number of hydrogen-bond donors (Lipinski definition) is 2. The largest absolute Gasteiger partial charge is 0.325 e. The average molecular weight is 374 g/mol. The molecule has 4 amide bonds. The molecule has 1 aliphatic heterocycles. The van der Waals surface area contributed by atoms with E-state index >= 15 is 0 Å². The second kappa shape index (κ2) is 7.34. The summed E-state index contributed by atoms with van der Waals surface area (Å²) in [6.07, 6.45) is 4.96. The van der Waals surface area contributed by atoms with Crippen LogP contribution in [0.1, 0.15) is 39.0 Å². The Morgan fingerprint density at radius 3 is 2.48 bits per heavy atom. The van der Waals surface area contributed by atoms with Crippen LogP contribution in [0.5, 0.6) is 0 Å². The van der Waals surface area contributed by atoms with Crippen LogP contribution in [0.4, 0.5) is 16.2 Å². The molecule has 1 aromatic rings. The van der Waals surface area contributed by atoms with E-state index in [-0.39, 0.29) is 17.5 Å². The van der Waals surface area contributed by atoms with Crippen LogP contribution < -0.4 is 10.6 Å². The fraction of sp³-hybridized carbons (Fsp3) is 0.500. The molecule has 144 valence electrons. The number of imide groups is 1. The van der Waals surface area contributed by atoms with Crippen molar-refractivity contribution < 1.29 is 19.3 Å². The van der Waals surface area contributed by atoms with Crippen molar-refractivity contribution >= 4 is 29.2 Å². The molecule has 1 saturated heterocycles. The van der Waals surface area contributed by atoms with Gasteiger partial charge in [0.2, 0.25) is 5.91 Å². The van der Waals surface area contributed by atoms with E-state index in [0.717, 1.165) is 37.0 Å². The van der Waals surface area contributed by atoms with Gasteiger partial charge in [-0.05, 0) is 37.8 Å². The number of nitro groups is 1. The monoisotopic (exact) mass is 374 g/mol. The predicted octanol–water partition coefficient (Wildman–Crippen LogP) is 2.42. The van der Waals surface area contributed by atoms with Gasteiger partial charge in [-0.15, -0.1) is 0 Å². The Labute approximate surface area is 156 Å². The Morgan fingerprint density at radius 1 is 1.26 bits per heavy atom. The number of nitro benzene ring substituents is 1. The molecule has 1 heterocycles. The van der Waals surface area contributed by atoms with E-state index in [1.54, 1.807) is 6.92 Å². The van der Waals surface area contributed by atoms with E-state index in [9.17, 15) is 24.5 Å². The van der Waals surface area contributed by atoms with Crippen molar-refractivity contribution in [2.75, 3.05) is 11.9 Å².